The summed E-state index contributed by atoms with van der Waals surface area (Å²) in [7, 11) is 1.41. The molecule has 0 aromatic heterocycles. The van der Waals surface area contributed by atoms with Crippen molar-refractivity contribution in [1.82, 2.24) is 10.2 Å². The number of carbonyl (C=O) groups is 2. The molecular formula is C16H19N3O2. The number of carbonyl (C=O) groups excluding carboxylic acids is 2. The maximum absolute atomic E-state index is 12.3. The van der Waals surface area contributed by atoms with E-state index in [-0.39, 0.29) is 17.2 Å². The predicted molar refractivity (Wildman–Crippen MR) is 77.8 cm³/mol. The van der Waals surface area contributed by atoms with Gasteiger partial charge in [0.25, 0.3) is 5.91 Å². The first kappa shape index (κ1) is 15.0. The fourth-order valence-electron chi connectivity index (χ4n) is 2.08. The highest BCUT2D eigenvalue weighted by molar-refractivity contribution is 5.91. The van der Waals surface area contributed by atoms with Gasteiger partial charge in [-0.15, -0.1) is 0 Å². The molecule has 5 nitrogen and oxygen atoms in total. The summed E-state index contributed by atoms with van der Waals surface area (Å²) in [5.41, 5.74) is 0.601. The summed E-state index contributed by atoms with van der Waals surface area (Å²) in [5.74, 6) is -0.498. The van der Waals surface area contributed by atoms with Crippen molar-refractivity contribution in [2.45, 2.75) is 32.2 Å². The second-order valence-electron chi connectivity index (χ2n) is 5.77. The molecule has 0 aliphatic heterocycles. The highest BCUT2D eigenvalue weighted by Crippen LogP contribution is 2.45. The monoisotopic (exact) mass is 285 g/mol. The maximum Gasteiger partial charge on any atom is 0.258 e. The molecule has 0 spiro atoms. The molecule has 1 aromatic carbocycles. The average Bonchev–Trinajstić information content (AvgIpc) is 3.25. The topological polar surface area (TPSA) is 73.2 Å². The Morgan fingerprint density at radius 2 is 2.00 bits per heavy atom. The zero-order valence-electron chi connectivity index (χ0n) is 12.3. The van der Waals surface area contributed by atoms with Gasteiger partial charge in [-0.25, -0.2) is 0 Å². The van der Waals surface area contributed by atoms with Gasteiger partial charge < -0.3 is 5.32 Å². The van der Waals surface area contributed by atoms with Gasteiger partial charge in [0.15, 0.2) is 6.19 Å². The smallest absolute Gasteiger partial charge is 0.258 e. The summed E-state index contributed by atoms with van der Waals surface area (Å²) < 4.78 is 0. The Bertz CT molecular complexity index is 573. The van der Waals surface area contributed by atoms with E-state index in [4.69, 9.17) is 5.26 Å². The molecule has 0 saturated heterocycles. The van der Waals surface area contributed by atoms with E-state index in [1.807, 2.05) is 37.3 Å². The van der Waals surface area contributed by atoms with Crippen LogP contribution in [0.4, 0.5) is 0 Å². The third-order valence-electron chi connectivity index (χ3n) is 3.91. The second kappa shape index (κ2) is 5.96. The molecule has 2 amide bonds. The third-order valence-corrected chi connectivity index (χ3v) is 3.91. The van der Waals surface area contributed by atoms with Gasteiger partial charge in [0.1, 0.15) is 6.04 Å². The number of rotatable bonds is 5. The lowest BCUT2D eigenvalue weighted by Gasteiger charge is -2.22. The van der Waals surface area contributed by atoms with Gasteiger partial charge in [-0.1, -0.05) is 37.3 Å². The lowest BCUT2D eigenvalue weighted by molar-refractivity contribution is -0.134. The van der Waals surface area contributed by atoms with Crippen LogP contribution in [0.1, 0.15) is 25.3 Å². The molecule has 5 heteroatoms. The van der Waals surface area contributed by atoms with Crippen molar-refractivity contribution in [3.05, 3.63) is 35.9 Å². The number of hydrogen-bond donors (Lipinski definition) is 1. The van der Waals surface area contributed by atoms with Crippen molar-refractivity contribution >= 4 is 11.8 Å². The zero-order valence-corrected chi connectivity index (χ0v) is 12.3. The number of amides is 2. The van der Waals surface area contributed by atoms with E-state index in [0.29, 0.717) is 6.42 Å². The minimum Gasteiger partial charge on any atom is -0.343 e. The van der Waals surface area contributed by atoms with Gasteiger partial charge >= 0.3 is 0 Å². The van der Waals surface area contributed by atoms with E-state index in [1.165, 1.54) is 7.05 Å². The molecule has 2 rings (SSSR count). The van der Waals surface area contributed by atoms with E-state index in [0.717, 1.165) is 23.3 Å². The summed E-state index contributed by atoms with van der Waals surface area (Å²) in [6, 6.07) is 8.76. The Kier molecular flexibility index (Phi) is 4.27. The Morgan fingerprint density at radius 1 is 1.38 bits per heavy atom. The molecule has 0 heterocycles. The van der Waals surface area contributed by atoms with Crippen LogP contribution < -0.4 is 5.32 Å². The molecule has 1 aliphatic rings. The molecule has 110 valence electrons. The second-order valence-corrected chi connectivity index (χ2v) is 5.77. The van der Waals surface area contributed by atoms with Crippen LogP contribution in [0, 0.1) is 16.9 Å². The summed E-state index contributed by atoms with van der Waals surface area (Å²) in [6.45, 7) is 1.89. The Balaban J connectivity index is 2.12. The fourth-order valence-corrected chi connectivity index (χ4v) is 2.08. The third kappa shape index (κ3) is 3.60. The number of nitriles is 1. The van der Waals surface area contributed by atoms with Gasteiger partial charge in [0, 0.05) is 18.9 Å². The molecule has 1 fully saturated rings. The number of likely N-dealkylation sites (N-methyl/N-ethyl adjacent to an activating group) is 1. The Hall–Kier alpha value is -2.35. The molecule has 1 N–H and O–H groups in total. The average molecular weight is 285 g/mol. The molecule has 0 radical (unpaired) electrons. The quantitative estimate of drug-likeness (QED) is 0.657. The predicted octanol–water partition coefficient (Wildman–Crippen LogP) is 1.45. The summed E-state index contributed by atoms with van der Waals surface area (Å²) in [5, 5.41) is 11.7. The summed E-state index contributed by atoms with van der Waals surface area (Å²) in [4.78, 5) is 25.4. The van der Waals surface area contributed by atoms with E-state index < -0.39 is 6.04 Å². The Labute approximate surface area is 124 Å². The van der Waals surface area contributed by atoms with Crippen LogP contribution in [0.2, 0.25) is 0 Å². The van der Waals surface area contributed by atoms with Crippen LogP contribution in [-0.2, 0) is 16.0 Å². The zero-order chi connectivity index (χ0) is 15.5. The van der Waals surface area contributed by atoms with Gasteiger partial charge in [-0.2, -0.15) is 5.26 Å². The van der Waals surface area contributed by atoms with Crippen LogP contribution in [0.5, 0.6) is 0 Å². The minimum atomic E-state index is -0.707. The number of hydrogen-bond acceptors (Lipinski definition) is 3. The maximum atomic E-state index is 12.3. The van der Waals surface area contributed by atoms with Crippen molar-refractivity contribution in [3.63, 3.8) is 0 Å². The molecule has 1 aliphatic carbocycles. The van der Waals surface area contributed by atoms with E-state index in [2.05, 4.69) is 5.32 Å². The van der Waals surface area contributed by atoms with Gasteiger partial charge in [-0.3, -0.25) is 14.5 Å². The molecule has 21 heavy (non-hydrogen) atoms. The van der Waals surface area contributed by atoms with Crippen LogP contribution in [0.15, 0.2) is 30.3 Å². The van der Waals surface area contributed by atoms with Gasteiger partial charge in [0.2, 0.25) is 5.91 Å². The normalized spacial score (nSPS) is 16.4. The molecular weight excluding hydrogens is 266 g/mol. The Morgan fingerprint density at radius 3 is 2.52 bits per heavy atom. The molecule has 0 bridgehead atoms. The first-order valence-corrected chi connectivity index (χ1v) is 6.98. The standard InChI is InChI=1S/C16H19N3O2/c1-16(8-9-16)15(21)18-13(14(20)19(2)11-17)10-12-6-4-3-5-7-12/h3-7,13H,8-10H2,1-2H3,(H,18,21). The van der Waals surface area contributed by atoms with Crippen LogP contribution in [-0.4, -0.2) is 29.8 Å². The van der Waals surface area contributed by atoms with E-state index in [1.54, 1.807) is 6.19 Å². The largest absolute Gasteiger partial charge is 0.343 e. The van der Waals surface area contributed by atoms with Crippen molar-refractivity contribution in [2.24, 2.45) is 5.41 Å². The van der Waals surface area contributed by atoms with Crippen molar-refractivity contribution in [2.75, 3.05) is 7.05 Å². The molecule has 1 atom stereocenters. The SMILES string of the molecule is CN(C#N)C(=O)C(Cc1ccccc1)NC(=O)C1(C)CC1. The molecule has 1 saturated carbocycles. The van der Waals surface area contributed by atoms with Crippen molar-refractivity contribution in [3.8, 4) is 6.19 Å². The van der Waals surface area contributed by atoms with Crippen molar-refractivity contribution in [1.29, 1.82) is 5.26 Å². The first-order valence-electron chi connectivity index (χ1n) is 6.98. The van der Waals surface area contributed by atoms with Crippen LogP contribution in [0.3, 0.4) is 0 Å². The highest BCUT2D eigenvalue weighted by Gasteiger charge is 2.46. The molecule has 1 aromatic rings. The molecule has 1 unspecified atom stereocenters. The van der Waals surface area contributed by atoms with Gasteiger partial charge in [0.05, 0.1) is 0 Å². The van der Waals surface area contributed by atoms with Crippen LogP contribution >= 0.6 is 0 Å². The van der Waals surface area contributed by atoms with Crippen molar-refractivity contribution < 1.29 is 9.59 Å². The number of nitrogens with one attached hydrogen (secondary N) is 1. The fraction of sp³-hybridized carbons (Fsp3) is 0.438. The van der Waals surface area contributed by atoms with Gasteiger partial charge in [-0.05, 0) is 18.4 Å². The number of nitrogens with zero attached hydrogens (tertiary/aromatic N) is 2. The summed E-state index contributed by atoms with van der Waals surface area (Å²) in [6.07, 6.45) is 3.87. The van der Waals surface area contributed by atoms with E-state index in [9.17, 15) is 9.59 Å². The lowest BCUT2D eigenvalue weighted by Crippen LogP contribution is -2.49. The first-order chi connectivity index (χ1) is 9.96. The lowest BCUT2D eigenvalue weighted by atomic mass is 10.0. The summed E-state index contributed by atoms with van der Waals surface area (Å²) >= 11 is 0. The minimum absolute atomic E-state index is 0.108. The van der Waals surface area contributed by atoms with E-state index >= 15 is 0 Å². The van der Waals surface area contributed by atoms with Crippen LogP contribution in [0.25, 0.3) is 0 Å². The highest BCUT2D eigenvalue weighted by atomic mass is 16.2. The number of benzene rings is 1.